The van der Waals surface area contributed by atoms with Crippen molar-refractivity contribution in [1.29, 1.82) is 0 Å². The molecule has 0 spiro atoms. The van der Waals surface area contributed by atoms with Crippen molar-refractivity contribution in [3.05, 3.63) is 22.5 Å². The molecule has 0 amide bonds. The number of nitrogens with one attached hydrogen (secondary N) is 2. The molecule has 15 heteroatoms. The number of aromatic nitrogens is 2. The fourth-order valence-electron chi connectivity index (χ4n) is 2.63. The summed E-state index contributed by atoms with van der Waals surface area (Å²) in [6, 6.07) is -0.239. The van der Waals surface area contributed by atoms with Crippen LogP contribution >= 0.6 is 0 Å². The Bertz CT molecular complexity index is 816. The number of nitro groups is 1. The number of hydrogen-bond acceptors (Lipinski definition) is 6. The van der Waals surface area contributed by atoms with Crippen molar-refractivity contribution >= 4 is 21.7 Å². The van der Waals surface area contributed by atoms with Crippen molar-refractivity contribution in [3.8, 4) is 0 Å². The highest BCUT2D eigenvalue weighted by Crippen LogP contribution is 2.28. The van der Waals surface area contributed by atoms with E-state index in [2.05, 4.69) is 20.7 Å². The first-order chi connectivity index (χ1) is 13.0. The van der Waals surface area contributed by atoms with Crippen molar-refractivity contribution < 1.29 is 26.5 Å². The van der Waals surface area contributed by atoms with Gasteiger partial charge in [-0.3, -0.25) is 19.8 Å². The molecule has 1 saturated heterocycles. The van der Waals surface area contributed by atoms with Gasteiger partial charge in [0.25, 0.3) is 0 Å². The Morgan fingerprint density at radius 2 is 2.07 bits per heavy atom. The normalized spacial score (nSPS) is 17.5. The molecule has 28 heavy (non-hydrogen) atoms. The van der Waals surface area contributed by atoms with Gasteiger partial charge in [0, 0.05) is 32.7 Å². The van der Waals surface area contributed by atoms with E-state index in [9.17, 15) is 31.7 Å². The molecule has 11 nitrogen and oxygen atoms in total. The van der Waals surface area contributed by atoms with E-state index in [0.717, 1.165) is 6.20 Å². The Morgan fingerprint density at radius 3 is 2.57 bits per heavy atom. The third-order valence-corrected chi connectivity index (χ3v) is 5.74. The summed E-state index contributed by atoms with van der Waals surface area (Å²) in [6.45, 7) is 0.192. The molecule has 1 aliphatic heterocycles. The number of hydrogen-bond donors (Lipinski definition) is 2. The molecule has 2 heterocycles. The second-order valence-corrected chi connectivity index (χ2v) is 7.92. The topological polar surface area (TPSA) is 135 Å². The smallest absolute Gasteiger partial charge is 0.355 e. The number of aliphatic imine (C=N–C) groups is 1. The van der Waals surface area contributed by atoms with Crippen molar-refractivity contribution in [2.24, 2.45) is 4.99 Å². The first kappa shape index (κ1) is 21.9. The summed E-state index contributed by atoms with van der Waals surface area (Å²) in [6.07, 6.45) is 2.81. The average molecular weight is 427 g/mol. The van der Waals surface area contributed by atoms with Gasteiger partial charge >= 0.3 is 21.2 Å². The minimum Gasteiger partial charge on any atom is -0.355 e. The van der Waals surface area contributed by atoms with Crippen LogP contribution in [-0.2, 0) is 16.6 Å². The van der Waals surface area contributed by atoms with Gasteiger partial charge in [-0.25, -0.2) is 8.42 Å². The Morgan fingerprint density at radius 1 is 1.43 bits per heavy atom. The van der Waals surface area contributed by atoms with E-state index < -0.39 is 20.5 Å². The van der Waals surface area contributed by atoms with Crippen LogP contribution < -0.4 is 10.6 Å². The van der Waals surface area contributed by atoms with Crippen molar-refractivity contribution in [2.75, 3.05) is 26.7 Å². The zero-order chi connectivity index (χ0) is 20.9. The molecule has 1 aliphatic rings. The van der Waals surface area contributed by atoms with Crippen molar-refractivity contribution in [3.63, 3.8) is 0 Å². The summed E-state index contributed by atoms with van der Waals surface area (Å²) in [5, 5.41) is 20.4. The summed E-state index contributed by atoms with van der Waals surface area (Å²) in [5.41, 5.74) is -5.42. The van der Waals surface area contributed by atoms with Gasteiger partial charge < -0.3 is 10.6 Å². The van der Waals surface area contributed by atoms with Gasteiger partial charge in [0.2, 0.25) is 0 Å². The predicted octanol–water partition coefficient (Wildman–Crippen LogP) is 0.270. The number of nitrogens with zero attached hydrogens (tertiary/aromatic N) is 5. The standard InChI is InChI=1S/C13H20F3N7O4S/c1-17-12(18-4-7-21-9-11(8-19-21)23(24)25)20-10-2-5-22(6-3-10)28(26,27)13(14,15)16/h8-10H,2-7H2,1H3,(H2,17,18,20). The maximum Gasteiger partial charge on any atom is 0.511 e. The van der Waals surface area contributed by atoms with Crippen LogP contribution in [0.2, 0.25) is 0 Å². The molecule has 0 aromatic carbocycles. The van der Waals surface area contributed by atoms with Crippen molar-refractivity contribution in [1.82, 2.24) is 24.7 Å². The Balaban J connectivity index is 1.79. The Hall–Kier alpha value is -2.42. The summed E-state index contributed by atoms with van der Waals surface area (Å²) < 4.78 is 62.4. The second-order valence-electron chi connectivity index (χ2n) is 5.99. The molecule has 0 radical (unpaired) electrons. The first-order valence-corrected chi connectivity index (χ1v) is 9.69. The molecule has 2 rings (SSSR count). The molecular formula is C13H20F3N7O4S. The summed E-state index contributed by atoms with van der Waals surface area (Å²) in [7, 11) is -3.79. The number of rotatable bonds is 6. The lowest BCUT2D eigenvalue weighted by atomic mass is 10.1. The van der Waals surface area contributed by atoms with E-state index in [4.69, 9.17) is 0 Å². The highest BCUT2D eigenvalue weighted by atomic mass is 32.2. The van der Waals surface area contributed by atoms with Crippen LogP contribution in [0.1, 0.15) is 12.8 Å². The molecule has 1 aromatic rings. The molecule has 2 N–H and O–H groups in total. The summed E-state index contributed by atoms with van der Waals surface area (Å²) >= 11 is 0. The second kappa shape index (κ2) is 8.72. The van der Waals surface area contributed by atoms with E-state index in [1.807, 2.05) is 0 Å². The van der Waals surface area contributed by atoms with Gasteiger partial charge in [-0.1, -0.05) is 0 Å². The monoisotopic (exact) mass is 427 g/mol. The lowest BCUT2D eigenvalue weighted by molar-refractivity contribution is -0.385. The number of alkyl halides is 3. The third-order valence-electron chi connectivity index (χ3n) is 4.11. The Kier molecular flexibility index (Phi) is 6.82. The molecular weight excluding hydrogens is 407 g/mol. The van der Waals surface area contributed by atoms with E-state index >= 15 is 0 Å². The maximum absolute atomic E-state index is 12.6. The first-order valence-electron chi connectivity index (χ1n) is 8.25. The fraction of sp³-hybridized carbons (Fsp3) is 0.692. The van der Waals surface area contributed by atoms with Crippen LogP contribution in [0, 0.1) is 10.1 Å². The van der Waals surface area contributed by atoms with E-state index in [1.165, 1.54) is 17.9 Å². The van der Waals surface area contributed by atoms with E-state index in [1.54, 1.807) is 0 Å². The van der Waals surface area contributed by atoms with E-state index in [-0.39, 0.29) is 37.7 Å². The molecule has 1 aromatic heterocycles. The van der Waals surface area contributed by atoms with Crippen LogP contribution in [0.5, 0.6) is 0 Å². The van der Waals surface area contributed by atoms with Crippen LogP contribution in [0.25, 0.3) is 0 Å². The quantitative estimate of drug-likeness (QED) is 0.288. The third kappa shape index (κ3) is 5.31. The molecule has 0 atom stereocenters. The lowest BCUT2D eigenvalue weighted by Gasteiger charge is -2.32. The molecule has 0 saturated carbocycles. The van der Waals surface area contributed by atoms with Crippen LogP contribution in [-0.4, -0.2) is 71.6 Å². The minimum absolute atomic E-state index is 0.122. The number of guanidine groups is 1. The summed E-state index contributed by atoms with van der Waals surface area (Å²) in [4.78, 5) is 14.1. The zero-order valence-electron chi connectivity index (χ0n) is 14.9. The van der Waals surface area contributed by atoms with Crippen LogP contribution in [0.15, 0.2) is 17.4 Å². The Labute approximate surface area is 158 Å². The van der Waals surface area contributed by atoms with Gasteiger partial charge in [0.05, 0.1) is 11.5 Å². The van der Waals surface area contributed by atoms with Crippen molar-refractivity contribution in [2.45, 2.75) is 30.9 Å². The molecule has 0 unspecified atom stereocenters. The molecule has 158 valence electrons. The molecule has 1 fully saturated rings. The van der Waals surface area contributed by atoms with Gasteiger partial charge in [-0.2, -0.15) is 22.6 Å². The highest BCUT2D eigenvalue weighted by molar-refractivity contribution is 7.90. The predicted molar refractivity (Wildman–Crippen MR) is 92.9 cm³/mol. The highest BCUT2D eigenvalue weighted by Gasteiger charge is 2.50. The van der Waals surface area contributed by atoms with Crippen LogP contribution in [0.3, 0.4) is 0 Å². The van der Waals surface area contributed by atoms with Crippen LogP contribution in [0.4, 0.5) is 18.9 Å². The van der Waals surface area contributed by atoms with Gasteiger partial charge in [-0.05, 0) is 12.8 Å². The van der Waals surface area contributed by atoms with Gasteiger partial charge in [0.15, 0.2) is 5.96 Å². The summed E-state index contributed by atoms with van der Waals surface area (Å²) in [5.74, 6) is 0.388. The number of sulfonamides is 1. The zero-order valence-corrected chi connectivity index (χ0v) is 15.7. The lowest BCUT2D eigenvalue weighted by Crippen LogP contribution is -2.51. The fourth-order valence-corrected chi connectivity index (χ4v) is 3.62. The van der Waals surface area contributed by atoms with Gasteiger partial charge in [-0.15, -0.1) is 0 Å². The molecule has 0 bridgehead atoms. The van der Waals surface area contributed by atoms with E-state index in [0.29, 0.717) is 23.4 Å². The minimum atomic E-state index is -5.30. The number of piperidine rings is 1. The number of halogens is 3. The average Bonchev–Trinajstić information content (AvgIpc) is 3.09. The largest absolute Gasteiger partial charge is 0.511 e. The maximum atomic E-state index is 12.6. The molecule has 0 aliphatic carbocycles. The van der Waals surface area contributed by atoms with Gasteiger partial charge in [0.1, 0.15) is 12.4 Å². The SMILES string of the molecule is CN=C(NCCn1cc([N+](=O)[O-])cn1)NC1CCN(S(=O)(=O)C(F)(F)F)CC1.